The van der Waals surface area contributed by atoms with Crippen LogP contribution in [0.1, 0.15) is 18.0 Å². The number of ether oxygens (including phenoxy) is 1. The Morgan fingerprint density at radius 3 is 2.89 bits per heavy atom. The van der Waals surface area contributed by atoms with E-state index in [1.54, 1.807) is 29.8 Å². The number of amides is 1. The maximum absolute atomic E-state index is 14.0. The molecule has 144 valence electrons. The molecular weight excluding hydrogens is 379 g/mol. The van der Waals surface area contributed by atoms with Gasteiger partial charge in [0.1, 0.15) is 11.6 Å². The van der Waals surface area contributed by atoms with E-state index in [9.17, 15) is 9.18 Å². The van der Waals surface area contributed by atoms with Crippen molar-refractivity contribution in [2.75, 3.05) is 12.4 Å². The van der Waals surface area contributed by atoms with E-state index >= 15 is 0 Å². The van der Waals surface area contributed by atoms with Gasteiger partial charge < -0.3 is 14.6 Å². The number of carbonyl (C=O) groups excluding carboxylic acids is 1. The number of aromatic nitrogens is 3. The number of para-hydroxylation sites is 1. The number of nitrogens with one attached hydrogen (secondary N) is 1. The van der Waals surface area contributed by atoms with Crippen molar-refractivity contribution in [1.29, 1.82) is 0 Å². The van der Waals surface area contributed by atoms with Crippen molar-refractivity contribution in [3.8, 4) is 17.1 Å². The molecule has 3 aromatic rings. The van der Waals surface area contributed by atoms with Crippen LogP contribution in [0.4, 0.5) is 4.39 Å². The molecule has 1 aliphatic rings. The maximum Gasteiger partial charge on any atom is 0.230 e. The number of fused-ring (bicyclic) bond motifs is 1. The smallest absolute Gasteiger partial charge is 0.230 e. The summed E-state index contributed by atoms with van der Waals surface area (Å²) in [6.45, 7) is 0.574. The second kappa shape index (κ2) is 8.02. The van der Waals surface area contributed by atoms with Crippen LogP contribution in [0, 0.1) is 5.82 Å². The van der Waals surface area contributed by atoms with Gasteiger partial charge in [-0.25, -0.2) is 4.39 Å². The molecule has 0 spiro atoms. The lowest BCUT2D eigenvalue weighted by atomic mass is 10.0. The lowest BCUT2D eigenvalue weighted by Gasteiger charge is -2.26. The predicted octanol–water partition coefficient (Wildman–Crippen LogP) is 3.35. The summed E-state index contributed by atoms with van der Waals surface area (Å²) in [7, 11) is 1.76. The molecule has 8 heteroatoms. The van der Waals surface area contributed by atoms with Crippen LogP contribution in [0.15, 0.2) is 53.7 Å². The molecule has 0 saturated heterocycles. The molecule has 6 nitrogen and oxygen atoms in total. The summed E-state index contributed by atoms with van der Waals surface area (Å²) in [5.74, 6) is 0.990. The first kappa shape index (κ1) is 18.5. The van der Waals surface area contributed by atoms with Crippen molar-refractivity contribution in [3.05, 3.63) is 59.9 Å². The van der Waals surface area contributed by atoms with Gasteiger partial charge in [0.05, 0.1) is 24.0 Å². The third kappa shape index (κ3) is 3.73. The molecule has 0 bridgehead atoms. The second-order valence-corrected chi connectivity index (χ2v) is 7.37. The Balaban J connectivity index is 1.41. The van der Waals surface area contributed by atoms with Gasteiger partial charge in [-0.05, 0) is 18.2 Å². The van der Waals surface area contributed by atoms with E-state index in [4.69, 9.17) is 4.74 Å². The highest BCUT2D eigenvalue weighted by Crippen LogP contribution is 2.31. The van der Waals surface area contributed by atoms with E-state index in [2.05, 4.69) is 15.5 Å². The molecule has 2 aromatic carbocycles. The Morgan fingerprint density at radius 1 is 1.25 bits per heavy atom. The molecule has 2 heterocycles. The Hall–Kier alpha value is -2.87. The SMILES string of the molecule is Cn1c(SCC(=O)NC2CCOc3ccccc32)nnc1-c1ccccc1F. The van der Waals surface area contributed by atoms with Gasteiger partial charge in [0.25, 0.3) is 0 Å². The highest BCUT2D eigenvalue weighted by atomic mass is 32.2. The number of halogens is 1. The van der Waals surface area contributed by atoms with E-state index in [-0.39, 0.29) is 23.5 Å². The van der Waals surface area contributed by atoms with E-state index < -0.39 is 0 Å². The first-order valence-corrected chi connectivity index (χ1v) is 9.90. The Kier molecular flexibility index (Phi) is 5.29. The largest absolute Gasteiger partial charge is 0.493 e. The topological polar surface area (TPSA) is 69.0 Å². The summed E-state index contributed by atoms with van der Waals surface area (Å²) in [6.07, 6.45) is 0.731. The quantitative estimate of drug-likeness (QED) is 0.668. The van der Waals surface area contributed by atoms with Crippen molar-refractivity contribution in [2.45, 2.75) is 17.6 Å². The Morgan fingerprint density at radius 2 is 2.04 bits per heavy atom. The summed E-state index contributed by atoms with van der Waals surface area (Å²) >= 11 is 1.27. The number of rotatable bonds is 5. The minimum atomic E-state index is -0.356. The molecule has 0 saturated carbocycles. The van der Waals surface area contributed by atoms with Crippen molar-refractivity contribution in [1.82, 2.24) is 20.1 Å². The normalized spacial score (nSPS) is 15.6. The van der Waals surface area contributed by atoms with Crippen LogP contribution >= 0.6 is 11.8 Å². The van der Waals surface area contributed by atoms with E-state index in [0.29, 0.717) is 23.2 Å². The molecular formula is C20H19FN4O2S. The van der Waals surface area contributed by atoms with E-state index in [1.165, 1.54) is 17.8 Å². The fourth-order valence-corrected chi connectivity index (χ4v) is 3.90. The van der Waals surface area contributed by atoms with Crippen LogP contribution in [0.25, 0.3) is 11.4 Å². The summed E-state index contributed by atoms with van der Waals surface area (Å²) in [4.78, 5) is 12.4. The van der Waals surface area contributed by atoms with Crippen LogP contribution in [0.5, 0.6) is 5.75 Å². The summed E-state index contributed by atoms with van der Waals surface area (Å²) in [5.41, 5.74) is 1.38. The molecule has 0 radical (unpaired) electrons. The van der Waals surface area contributed by atoms with Crippen molar-refractivity contribution in [3.63, 3.8) is 0 Å². The minimum Gasteiger partial charge on any atom is -0.493 e. The average Bonchev–Trinajstić information content (AvgIpc) is 3.07. The van der Waals surface area contributed by atoms with E-state index in [0.717, 1.165) is 17.7 Å². The molecule has 1 aliphatic heterocycles. The zero-order chi connectivity index (χ0) is 19.5. The molecule has 1 atom stereocenters. The number of carbonyl (C=O) groups is 1. The summed E-state index contributed by atoms with van der Waals surface area (Å²) < 4.78 is 21.3. The molecule has 28 heavy (non-hydrogen) atoms. The monoisotopic (exact) mass is 398 g/mol. The number of hydrogen-bond donors (Lipinski definition) is 1. The van der Waals surface area contributed by atoms with Gasteiger partial charge in [-0.1, -0.05) is 42.1 Å². The average molecular weight is 398 g/mol. The number of benzene rings is 2. The van der Waals surface area contributed by atoms with Crippen LogP contribution in [-0.4, -0.2) is 33.0 Å². The fourth-order valence-electron chi connectivity index (χ4n) is 3.18. The lowest BCUT2D eigenvalue weighted by molar-refractivity contribution is -0.119. The van der Waals surface area contributed by atoms with Crippen LogP contribution in [-0.2, 0) is 11.8 Å². The molecule has 1 unspecified atom stereocenters. The zero-order valence-electron chi connectivity index (χ0n) is 15.3. The first-order valence-electron chi connectivity index (χ1n) is 8.91. The number of thioether (sulfide) groups is 1. The van der Waals surface area contributed by atoms with Gasteiger partial charge in [0.2, 0.25) is 5.91 Å². The fraction of sp³-hybridized carbons (Fsp3) is 0.250. The van der Waals surface area contributed by atoms with Crippen molar-refractivity contribution in [2.24, 2.45) is 7.05 Å². The summed E-state index contributed by atoms with van der Waals surface area (Å²) in [6, 6.07) is 14.1. The zero-order valence-corrected chi connectivity index (χ0v) is 16.1. The highest BCUT2D eigenvalue weighted by molar-refractivity contribution is 7.99. The third-order valence-electron chi connectivity index (χ3n) is 4.58. The molecule has 1 aromatic heterocycles. The maximum atomic E-state index is 14.0. The highest BCUT2D eigenvalue weighted by Gasteiger charge is 2.23. The van der Waals surface area contributed by atoms with Gasteiger partial charge in [-0.2, -0.15) is 0 Å². The number of nitrogens with zero attached hydrogens (tertiary/aromatic N) is 3. The minimum absolute atomic E-state index is 0.0634. The van der Waals surface area contributed by atoms with Gasteiger partial charge in [0.15, 0.2) is 11.0 Å². The Labute approximate surface area is 166 Å². The molecule has 1 N–H and O–H groups in total. The van der Waals surface area contributed by atoms with Crippen molar-refractivity contribution >= 4 is 17.7 Å². The first-order chi connectivity index (χ1) is 13.6. The van der Waals surface area contributed by atoms with Crippen LogP contribution < -0.4 is 10.1 Å². The number of hydrogen-bond acceptors (Lipinski definition) is 5. The molecule has 0 fully saturated rings. The van der Waals surface area contributed by atoms with Gasteiger partial charge in [0, 0.05) is 19.0 Å². The second-order valence-electron chi connectivity index (χ2n) is 6.43. The Bertz CT molecular complexity index is 1010. The molecule has 0 aliphatic carbocycles. The van der Waals surface area contributed by atoms with E-state index in [1.807, 2.05) is 24.3 Å². The van der Waals surface area contributed by atoms with Crippen LogP contribution in [0.2, 0.25) is 0 Å². The molecule has 4 rings (SSSR count). The summed E-state index contributed by atoms with van der Waals surface area (Å²) in [5, 5.41) is 11.8. The lowest BCUT2D eigenvalue weighted by Crippen LogP contribution is -2.33. The standard InChI is InChI=1S/C20H19FN4O2S/c1-25-19(13-6-2-4-8-15(13)21)23-24-20(25)28-12-18(26)22-16-10-11-27-17-9-5-3-7-14(16)17/h2-9,16H,10-12H2,1H3,(H,22,26). The van der Waals surface area contributed by atoms with Crippen molar-refractivity contribution < 1.29 is 13.9 Å². The predicted molar refractivity (Wildman–Crippen MR) is 105 cm³/mol. The van der Waals surface area contributed by atoms with Gasteiger partial charge >= 0.3 is 0 Å². The van der Waals surface area contributed by atoms with Crippen LogP contribution in [0.3, 0.4) is 0 Å². The third-order valence-corrected chi connectivity index (χ3v) is 5.60. The molecule has 1 amide bonds. The van der Waals surface area contributed by atoms with Gasteiger partial charge in [-0.3, -0.25) is 4.79 Å². The van der Waals surface area contributed by atoms with Gasteiger partial charge in [-0.15, -0.1) is 10.2 Å².